The molecule has 0 radical (unpaired) electrons. The highest BCUT2D eigenvalue weighted by molar-refractivity contribution is 14.1. The third kappa shape index (κ3) is 3.05. The van der Waals surface area contributed by atoms with Gasteiger partial charge in [-0.2, -0.15) is 0 Å². The largest absolute Gasteiger partial charge is 0.478 e. The lowest BCUT2D eigenvalue weighted by Gasteiger charge is -2.24. The van der Waals surface area contributed by atoms with Gasteiger partial charge < -0.3 is 10.2 Å². The van der Waals surface area contributed by atoms with Crippen molar-refractivity contribution in [1.82, 2.24) is 0 Å². The van der Waals surface area contributed by atoms with Crippen LogP contribution in [0.2, 0.25) is 0 Å². The number of aromatic carboxylic acids is 2. The maximum atomic E-state index is 11.4. The number of carboxylic acids is 2. The van der Waals surface area contributed by atoms with Crippen LogP contribution in [0.25, 0.3) is 0 Å². The van der Waals surface area contributed by atoms with Crippen LogP contribution in [-0.4, -0.2) is 22.2 Å². The Labute approximate surface area is 126 Å². The lowest BCUT2D eigenvalue weighted by Crippen LogP contribution is -2.13. The van der Waals surface area contributed by atoms with E-state index in [0.717, 1.165) is 32.1 Å². The Balaban J connectivity index is 2.57. The molecule has 1 aliphatic carbocycles. The topological polar surface area (TPSA) is 91.7 Å². The van der Waals surface area contributed by atoms with Gasteiger partial charge in [0.15, 0.2) is 21.2 Å². The third-order valence-corrected chi connectivity index (χ3v) is 5.10. The van der Waals surface area contributed by atoms with Crippen LogP contribution in [0.1, 0.15) is 64.3 Å². The highest BCUT2D eigenvalue weighted by Crippen LogP contribution is 2.36. The Morgan fingerprint density at radius 1 is 1.00 bits per heavy atom. The number of carbonyl (C=O) groups is 2. The summed E-state index contributed by atoms with van der Waals surface area (Å²) >= 11 is -1.71. The van der Waals surface area contributed by atoms with Crippen molar-refractivity contribution in [3.8, 4) is 0 Å². The molecule has 0 heterocycles. The third-order valence-electron chi connectivity index (χ3n) is 3.73. The number of hydrogen-bond acceptors (Lipinski definition) is 3. The molecule has 108 valence electrons. The van der Waals surface area contributed by atoms with Crippen molar-refractivity contribution >= 4 is 33.1 Å². The minimum absolute atomic E-state index is 0.0154. The number of benzene rings is 1. The lowest BCUT2D eigenvalue weighted by atomic mass is 9.81. The molecule has 2 rings (SSSR count). The molecule has 0 amide bonds. The summed E-state index contributed by atoms with van der Waals surface area (Å²) in [5.74, 6) is -2.14. The van der Waals surface area contributed by atoms with Gasteiger partial charge in [0.1, 0.15) is 0 Å². The molecule has 1 saturated carbocycles. The van der Waals surface area contributed by atoms with Gasteiger partial charge in [0, 0.05) is 0 Å². The van der Waals surface area contributed by atoms with Gasteiger partial charge >= 0.3 is 11.9 Å². The zero-order valence-electron chi connectivity index (χ0n) is 10.8. The van der Waals surface area contributed by atoms with Crippen molar-refractivity contribution in [2.45, 2.75) is 38.0 Å². The van der Waals surface area contributed by atoms with Gasteiger partial charge in [0.05, 0.1) is 14.7 Å². The van der Waals surface area contributed by atoms with Gasteiger partial charge in [-0.3, -0.25) is 3.07 Å². The van der Waals surface area contributed by atoms with E-state index in [1.165, 1.54) is 12.1 Å². The Morgan fingerprint density at radius 2 is 1.60 bits per heavy atom. The molecule has 5 nitrogen and oxygen atoms in total. The smallest absolute Gasteiger partial charge is 0.336 e. The van der Waals surface area contributed by atoms with Crippen molar-refractivity contribution in [3.05, 3.63) is 32.4 Å². The lowest BCUT2D eigenvalue weighted by molar-refractivity contribution is 0.0678. The molecule has 1 aromatic rings. The zero-order chi connectivity index (χ0) is 14.7. The molecule has 0 saturated heterocycles. The summed E-state index contributed by atoms with van der Waals surface area (Å²) < 4.78 is 11.3. The standard InChI is InChI=1S/C14H15IO5/c16-13(17)10-7-12(15-20)11(14(18)19)6-9(10)8-4-2-1-3-5-8/h6-8H,1-5H2,(H,16,17)(H,18,19). The molecule has 1 fully saturated rings. The van der Waals surface area contributed by atoms with Gasteiger partial charge in [0.25, 0.3) is 0 Å². The molecule has 0 aromatic heterocycles. The molecular weight excluding hydrogens is 375 g/mol. The maximum Gasteiger partial charge on any atom is 0.336 e. The fourth-order valence-corrected chi connectivity index (χ4v) is 3.82. The van der Waals surface area contributed by atoms with Crippen molar-refractivity contribution in [1.29, 1.82) is 0 Å². The quantitative estimate of drug-likeness (QED) is 0.767. The van der Waals surface area contributed by atoms with Gasteiger partial charge in [0.2, 0.25) is 0 Å². The molecule has 2 N–H and O–H groups in total. The Bertz CT molecular complexity index is 561. The molecular formula is C14H15IO5. The first kappa shape index (κ1) is 15.1. The monoisotopic (exact) mass is 390 g/mol. The Morgan fingerprint density at radius 3 is 2.10 bits per heavy atom. The van der Waals surface area contributed by atoms with E-state index in [1.54, 1.807) is 0 Å². The second-order valence-corrected chi connectivity index (χ2v) is 6.54. The van der Waals surface area contributed by atoms with Crippen LogP contribution in [0.15, 0.2) is 12.1 Å². The van der Waals surface area contributed by atoms with E-state index < -0.39 is 33.1 Å². The first-order valence-electron chi connectivity index (χ1n) is 6.46. The van der Waals surface area contributed by atoms with E-state index >= 15 is 0 Å². The molecule has 0 aliphatic heterocycles. The Hall–Kier alpha value is -1.31. The summed E-state index contributed by atoms with van der Waals surface area (Å²) in [5.41, 5.74) is 0.668. The van der Waals surface area contributed by atoms with E-state index in [0.29, 0.717) is 5.56 Å². The predicted molar refractivity (Wildman–Crippen MR) is 79.6 cm³/mol. The first-order chi connectivity index (χ1) is 9.54. The number of carboxylic acid groups (broad SMARTS) is 2. The summed E-state index contributed by atoms with van der Waals surface area (Å²) in [6.45, 7) is 0. The molecule has 1 aromatic carbocycles. The summed E-state index contributed by atoms with van der Waals surface area (Å²) in [6.07, 6.45) is 4.95. The molecule has 20 heavy (non-hydrogen) atoms. The van der Waals surface area contributed by atoms with Crippen LogP contribution in [-0.2, 0) is 3.07 Å². The van der Waals surface area contributed by atoms with E-state index in [4.69, 9.17) is 0 Å². The SMILES string of the molecule is O=Ic1cc(C(=O)O)c(C2CCCCC2)cc1C(=O)O. The van der Waals surface area contributed by atoms with Crippen LogP contribution >= 0.6 is 21.2 Å². The van der Waals surface area contributed by atoms with Gasteiger partial charge in [-0.25, -0.2) is 9.59 Å². The average Bonchev–Trinajstić information content (AvgIpc) is 2.46. The highest BCUT2D eigenvalue weighted by atomic mass is 127. The molecule has 0 bridgehead atoms. The van der Waals surface area contributed by atoms with E-state index in [9.17, 15) is 22.9 Å². The van der Waals surface area contributed by atoms with Crippen molar-refractivity contribution in [3.63, 3.8) is 0 Å². The summed E-state index contributed by atoms with van der Waals surface area (Å²) in [6, 6.07) is 2.71. The van der Waals surface area contributed by atoms with Crippen LogP contribution in [0, 0.1) is 3.57 Å². The molecule has 1 aliphatic rings. The molecule has 0 atom stereocenters. The van der Waals surface area contributed by atoms with Gasteiger partial charge in [-0.1, -0.05) is 19.3 Å². The van der Waals surface area contributed by atoms with Crippen molar-refractivity contribution in [2.24, 2.45) is 0 Å². The normalized spacial score (nSPS) is 16.0. The fourth-order valence-electron chi connectivity index (χ4n) is 2.75. The number of hydrogen-bond donors (Lipinski definition) is 2. The minimum Gasteiger partial charge on any atom is -0.478 e. The second kappa shape index (κ2) is 6.43. The van der Waals surface area contributed by atoms with E-state index in [1.807, 2.05) is 0 Å². The maximum absolute atomic E-state index is 11.4. The minimum atomic E-state index is -1.71. The van der Waals surface area contributed by atoms with Crippen LogP contribution in [0.3, 0.4) is 0 Å². The molecule has 0 unspecified atom stereocenters. The molecule has 0 spiro atoms. The summed E-state index contributed by atoms with van der Waals surface area (Å²) in [4.78, 5) is 22.6. The first-order valence-corrected chi connectivity index (χ1v) is 8.42. The van der Waals surface area contributed by atoms with Crippen LogP contribution in [0.5, 0.6) is 0 Å². The van der Waals surface area contributed by atoms with E-state index in [-0.39, 0.29) is 20.6 Å². The number of rotatable bonds is 4. The van der Waals surface area contributed by atoms with Crippen molar-refractivity contribution < 1.29 is 22.9 Å². The number of halogens is 1. The van der Waals surface area contributed by atoms with E-state index in [2.05, 4.69) is 0 Å². The van der Waals surface area contributed by atoms with Gasteiger partial charge in [-0.15, -0.1) is 0 Å². The predicted octanol–water partition coefficient (Wildman–Crippen LogP) is 3.62. The fraction of sp³-hybridized carbons (Fsp3) is 0.429. The summed E-state index contributed by atoms with van der Waals surface area (Å²) in [5, 5.41) is 18.5. The molecule has 6 heteroatoms. The highest BCUT2D eigenvalue weighted by Gasteiger charge is 2.25. The summed E-state index contributed by atoms with van der Waals surface area (Å²) in [7, 11) is 0. The van der Waals surface area contributed by atoms with Gasteiger partial charge in [-0.05, 0) is 36.5 Å². The van der Waals surface area contributed by atoms with Crippen LogP contribution in [0.4, 0.5) is 0 Å². The average molecular weight is 390 g/mol. The van der Waals surface area contributed by atoms with Crippen LogP contribution < -0.4 is 0 Å². The second-order valence-electron chi connectivity index (χ2n) is 4.94. The zero-order valence-corrected chi connectivity index (χ0v) is 12.9. The van der Waals surface area contributed by atoms with Crippen molar-refractivity contribution in [2.75, 3.05) is 0 Å². The Kier molecular flexibility index (Phi) is 4.85.